The van der Waals surface area contributed by atoms with Gasteiger partial charge in [0.05, 0.1) is 28.8 Å². The average Bonchev–Trinajstić information content (AvgIpc) is 3.14. The minimum atomic E-state index is -1.88. The Kier molecular flexibility index (Phi) is 3.94. The number of hydrogen-bond donors (Lipinski definition) is 2. The third-order valence-corrected chi connectivity index (χ3v) is 7.73. The number of halogens is 1. The summed E-state index contributed by atoms with van der Waals surface area (Å²) in [5.74, 6) is -0.984. The molecule has 2 aromatic rings. The Hall–Kier alpha value is -2.84. The molecular weight excluding hydrogens is 413 g/mol. The number of rotatable bonds is 1. The van der Waals surface area contributed by atoms with Crippen LogP contribution in [0, 0.1) is 5.92 Å². The van der Waals surface area contributed by atoms with Crippen LogP contribution in [-0.2, 0) is 28.3 Å². The zero-order chi connectivity index (χ0) is 22.5. The molecule has 0 saturated heterocycles. The summed E-state index contributed by atoms with van der Waals surface area (Å²) in [5.41, 5.74) is 8.87. The van der Waals surface area contributed by atoms with Gasteiger partial charge in [-0.2, -0.15) is 0 Å². The van der Waals surface area contributed by atoms with Gasteiger partial charge < -0.3 is 20.1 Å². The van der Waals surface area contributed by atoms with E-state index in [2.05, 4.69) is 0 Å². The number of ether oxygens (including phenoxy) is 1. The van der Waals surface area contributed by atoms with Gasteiger partial charge in [0.25, 0.3) is 5.56 Å². The van der Waals surface area contributed by atoms with Gasteiger partial charge in [-0.05, 0) is 37.0 Å². The van der Waals surface area contributed by atoms with E-state index in [-0.39, 0.29) is 41.7 Å². The van der Waals surface area contributed by atoms with Gasteiger partial charge in [-0.25, -0.2) is 14.2 Å². The molecule has 0 fully saturated rings. The Morgan fingerprint density at radius 1 is 1.38 bits per heavy atom. The second kappa shape index (κ2) is 6.36. The maximum Gasteiger partial charge on any atom is 0.343 e. The first-order valence-electron chi connectivity index (χ1n) is 11.1. The number of cyclic esters (lactones) is 1. The second-order valence-electron chi connectivity index (χ2n) is 9.29. The first kappa shape index (κ1) is 19.8. The summed E-state index contributed by atoms with van der Waals surface area (Å²) in [6.07, 6.45) is 1.95. The van der Waals surface area contributed by atoms with Crippen LogP contribution in [0.5, 0.6) is 0 Å². The van der Waals surface area contributed by atoms with Crippen LogP contribution in [0.4, 0.5) is 4.39 Å². The van der Waals surface area contributed by atoms with E-state index in [1.807, 2.05) is 6.92 Å². The fourth-order valence-electron chi connectivity index (χ4n) is 5.83. The predicted octanol–water partition coefficient (Wildman–Crippen LogP) is 0.639. The van der Waals surface area contributed by atoms with Crippen molar-refractivity contribution in [1.29, 1.82) is 0 Å². The molecule has 0 spiro atoms. The molecule has 2 aliphatic heterocycles. The molecule has 0 radical (unpaired) electrons. The number of hydrogen-bond acceptors (Lipinski definition) is 6. The lowest BCUT2D eigenvalue weighted by Gasteiger charge is -2.31. The van der Waals surface area contributed by atoms with Crippen LogP contribution in [0.2, 0.25) is 0 Å². The van der Waals surface area contributed by atoms with Crippen LogP contribution in [0.15, 0.2) is 10.9 Å². The van der Waals surface area contributed by atoms with Gasteiger partial charge in [-0.15, -0.1) is 0 Å². The highest BCUT2D eigenvalue weighted by Gasteiger charge is 2.45. The van der Waals surface area contributed by atoms with Gasteiger partial charge in [0.2, 0.25) is 0 Å². The number of alkyl halides is 1. The molecule has 7 nitrogen and oxygen atoms in total. The largest absolute Gasteiger partial charge is 0.458 e. The molecule has 3 N–H and O–H groups in total. The summed E-state index contributed by atoms with van der Waals surface area (Å²) in [4.78, 5) is 30.5. The van der Waals surface area contributed by atoms with Crippen LogP contribution in [0.25, 0.3) is 23.0 Å². The highest BCUT2D eigenvalue weighted by Crippen LogP contribution is 2.40. The lowest BCUT2D eigenvalue weighted by Crippen LogP contribution is -2.46. The van der Waals surface area contributed by atoms with Crippen LogP contribution >= 0.6 is 0 Å². The van der Waals surface area contributed by atoms with E-state index in [9.17, 15) is 19.1 Å². The molecule has 4 heterocycles. The lowest BCUT2D eigenvalue weighted by atomic mass is 9.78. The minimum absolute atomic E-state index is 0.0792. The SMILES string of the molecule is CC[C@@]1(O)C(=O)OCc2c1cc1n(c2=O)Cc2c-1nc1c3c2[C@@H](N)CCC=3C(C)C(F)C=1. The second-order valence-corrected chi connectivity index (χ2v) is 9.29. The molecule has 0 saturated carbocycles. The number of fused-ring (bicyclic) bond motifs is 5. The Morgan fingerprint density at radius 3 is 2.91 bits per heavy atom. The van der Waals surface area contributed by atoms with Crippen LogP contribution in [0.1, 0.15) is 61.4 Å². The number of nitrogens with two attached hydrogens (primary N) is 1. The van der Waals surface area contributed by atoms with Gasteiger partial charge in [0.15, 0.2) is 5.60 Å². The summed E-state index contributed by atoms with van der Waals surface area (Å²) >= 11 is 0. The van der Waals surface area contributed by atoms with E-state index in [1.54, 1.807) is 23.6 Å². The Morgan fingerprint density at radius 2 is 2.16 bits per heavy atom. The maximum absolute atomic E-state index is 14.8. The zero-order valence-electron chi connectivity index (χ0n) is 17.9. The average molecular weight is 437 g/mol. The quantitative estimate of drug-likeness (QED) is 0.541. The molecular formula is C24H24FN3O4. The zero-order valence-corrected chi connectivity index (χ0v) is 17.9. The van der Waals surface area contributed by atoms with Crippen molar-refractivity contribution >= 4 is 17.6 Å². The highest BCUT2D eigenvalue weighted by atomic mass is 19.1. The highest BCUT2D eigenvalue weighted by molar-refractivity contribution is 5.84. The van der Waals surface area contributed by atoms with Crippen molar-refractivity contribution in [1.82, 2.24) is 9.55 Å². The van der Waals surface area contributed by atoms with E-state index >= 15 is 0 Å². The van der Waals surface area contributed by atoms with Crippen LogP contribution in [-0.4, -0.2) is 26.8 Å². The normalized spacial score (nSPS) is 29.5. The van der Waals surface area contributed by atoms with Gasteiger partial charge in [-0.3, -0.25) is 4.79 Å². The van der Waals surface area contributed by atoms with Crippen molar-refractivity contribution in [2.24, 2.45) is 11.7 Å². The summed E-state index contributed by atoms with van der Waals surface area (Å²) < 4.78 is 21.5. The molecule has 4 atom stereocenters. The van der Waals surface area contributed by atoms with Crippen molar-refractivity contribution in [3.05, 3.63) is 49.2 Å². The molecule has 0 amide bonds. The van der Waals surface area contributed by atoms with Gasteiger partial charge in [0.1, 0.15) is 12.8 Å². The predicted molar refractivity (Wildman–Crippen MR) is 114 cm³/mol. The summed E-state index contributed by atoms with van der Waals surface area (Å²) in [5, 5.41) is 12.5. The monoisotopic (exact) mass is 437 g/mol. The molecule has 0 bridgehead atoms. The number of pyridine rings is 2. The molecule has 0 aromatic carbocycles. The number of esters is 1. The fraction of sp³-hybridized carbons (Fsp3) is 0.458. The molecule has 2 unspecified atom stereocenters. The van der Waals surface area contributed by atoms with Gasteiger partial charge in [-0.1, -0.05) is 19.4 Å². The minimum Gasteiger partial charge on any atom is -0.458 e. The van der Waals surface area contributed by atoms with E-state index in [0.29, 0.717) is 23.3 Å². The van der Waals surface area contributed by atoms with Crippen molar-refractivity contribution < 1.29 is 19.0 Å². The molecule has 8 heteroatoms. The van der Waals surface area contributed by atoms with E-state index in [1.165, 1.54) is 0 Å². The van der Waals surface area contributed by atoms with Crippen molar-refractivity contribution in [2.45, 2.75) is 64.1 Å². The van der Waals surface area contributed by atoms with Crippen LogP contribution < -0.4 is 21.9 Å². The fourth-order valence-corrected chi connectivity index (χ4v) is 5.83. The standard InChI is InChI=1S/C24H24FN3O4/c1-3-24(31)14-6-18-21-12(8-28(18)22(29)13(14)9-32-23(24)30)19-16(26)5-4-11-10(2)15(25)7-17(27-21)20(11)19/h6-7,10,15-16,31H,3-5,8-9,26H2,1-2H3/t10?,15?,16-,24-/m0/s1. The van der Waals surface area contributed by atoms with Gasteiger partial charge >= 0.3 is 5.97 Å². The third kappa shape index (κ3) is 2.29. The number of carbonyl (C=O) groups excluding carboxylic acids is 1. The number of nitrogens with zero attached hydrogens (tertiary/aromatic N) is 2. The van der Waals surface area contributed by atoms with E-state index < -0.39 is 17.7 Å². The summed E-state index contributed by atoms with van der Waals surface area (Å²) in [6, 6.07) is 1.45. The molecule has 4 aliphatic rings. The molecule has 166 valence electrons. The number of carbonyl (C=O) groups is 1. The van der Waals surface area contributed by atoms with E-state index in [4.69, 9.17) is 15.5 Å². The van der Waals surface area contributed by atoms with Crippen molar-refractivity contribution in [2.75, 3.05) is 0 Å². The first-order chi connectivity index (χ1) is 15.3. The molecule has 2 aliphatic carbocycles. The third-order valence-electron chi connectivity index (χ3n) is 7.73. The molecule has 6 rings (SSSR count). The Balaban J connectivity index is 1.69. The Bertz CT molecular complexity index is 1410. The number of aliphatic hydroxyl groups is 1. The maximum atomic E-state index is 14.8. The van der Waals surface area contributed by atoms with Crippen LogP contribution in [0.3, 0.4) is 0 Å². The summed E-state index contributed by atoms with van der Waals surface area (Å²) in [6.45, 7) is 3.69. The van der Waals surface area contributed by atoms with Crippen molar-refractivity contribution in [3.8, 4) is 11.4 Å². The lowest BCUT2D eigenvalue weighted by molar-refractivity contribution is -0.172. The molecule has 2 aromatic heterocycles. The Labute approximate surface area is 183 Å². The molecule has 32 heavy (non-hydrogen) atoms. The van der Waals surface area contributed by atoms with Crippen molar-refractivity contribution in [3.63, 3.8) is 0 Å². The van der Waals surface area contributed by atoms with E-state index in [0.717, 1.165) is 34.8 Å². The first-order valence-corrected chi connectivity index (χ1v) is 11.1. The number of aromatic nitrogens is 2. The van der Waals surface area contributed by atoms with Gasteiger partial charge in [0, 0.05) is 28.3 Å². The smallest absolute Gasteiger partial charge is 0.343 e. The topological polar surface area (TPSA) is 107 Å². The summed E-state index contributed by atoms with van der Waals surface area (Å²) in [7, 11) is 0.